The van der Waals surface area contributed by atoms with E-state index in [0.717, 1.165) is 36.9 Å². The van der Waals surface area contributed by atoms with Crippen molar-refractivity contribution in [1.82, 2.24) is 9.88 Å². The summed E-state index contributed by atoms with van der Waals surface area (Å²) in [6.45, 7) is 3.41. The van der Waals surface area contributed by atoms with E-state index >= 15 is 0 Å². The maximum Gasteiger partial charge on any atom is 0.249 e. The standard InChI is InChI=1S/C16H21N3O2/c1-2-4-15(20)18-9-3-5-14(18)16(21)19-10-7-12-11-17-8-6-13(12)19/h6,8,11,14H,2-5,7,9-10H2,1H3/t14-/m1/s1. The molecule has 2 amide bonds. The zero-order valence-electron chi connectivity index (χ0n) is 12.4. The van der Waals surface area contributed by atoms with Gasteiger partial charge in [0.05, 0.1) is 5.69 Å². The number of anilines is 1. The largest absolute Gasteiger partial charge is 0.331 e. The number of carbonyl (C=O) groups excluding carboxylic acids is 2. The van der Waals surface area contributed by atoms with Crippen LogP contribution in [0.3, 0.4) is 0 Å². The number of pyridine rings is 1. The van der Waals surface area contributed by atoms with Crippen molar-refractivity contribution in [3.63, 3.8) is 0 Å². The molecular formula is C16H21N3O2. The van der Waals surface area contributed by atoms with Crippen molar-refractivity contribution in [3.05, 3.63) is 24.0 Å². The Morgan fingerprint density at radius 1 is 1.38 bits per heavy atom. The van der Waals surface area contributed by atoms with E-state index in [9.17, 15) is 9.59 Å². The second-order valence-electron chi connectivity index (χ2n) is 5.74. The molecule has 0 spiro atoms. The molecule has 0 unspecified atom stereocenters. The second-order valence-corrected chi connectivity index (χ2v) is 5.74. The fourth-order valence-corrected chi connectivity index (χ4v) is 3.32. The van der Waals surface area contributed by atoms with Crippen molar-refractivity contribution in [2.45, 2.75) is 45.1 Å². The minimum absolute atomic E-state index is 0.0712. The van der Waals surface area contributed by atoms with Crippen molar-refractivity contribution in [1.29, 1.82) is 0 Å². The first-order chi connectivity index (χ1) is 10.2. The van der Waals surface area contributed by atoms with Crippen LogP contribution in [0.25, 0.3) is 0 Å². The van der Waals surface area contributed by atoms with Crippen LogP contribution in [0.15, 0.2) is 18.5 Å². The van der Waals surface area contributed by atoms with E-state index in [0.29, 0.717) is 19.5 Å². The topological polar surface area (TPSA) is 53.5 Å². The third kappa shape index (κ3) is 2.52. The Morgan fingerprint density at radius 3 is 3.05 bits per heavy atom. The van der Waals surface area contributed by atoms with Crippen LogP contribution in [-0.4, -0.2) is 40.8 Å². The Kier molecular flexibility index (Phi) is 3.90. The van der Waals surface area contributed by atoms with E-state index in [2.05, 4.69) is 4.98 Å². The number of nitrogens with zero attached hydrogens (tertiary/aromatic N) is 3. The lowest BCUT2D eigenvalue weighted by molar-refractivity contribution is -0.137. The highest BCUT2D eigenvalue weighted by Gasteiger charge is 2.38. The van der Waals surface area contributed by atoms with Crippen LogP contribution >= 0.6 is 0 Å². The predicted molar refractivity (Wildman–Crippen MR) is 79.9 cm³/mol. The van der Waals surface area contributed by atoms with Crippen LogP contribution in [0.2, 0.25) is 0 Å². The summed E-state index contributed by atoms with van der Waals surface area (Å²) in [5.74, 6) is 0.185. The maximum atomic E-state index is 12.8. The quantitative estimate of drug-likeness (QED) is 0.851. The second kappa shape index (κ2) is 5.84. The van der Waals surface area contributed by atoms with Crippen molar-refractivity contribution >= 4 is 17.5 Å². The van der Waals surface area contributed by atoms with Crippen molar-refractivity contribution in [2.75, 3.05) is 18.0 Å². The molecule has 0 N–H and O–H groups in total. The van der Waals surface area contributed by atoms with Crippen LogP contribution in [0.1, 0.15) is 38.2 Å². The first-order valence-electron chi connectivity index (χ1n) is 7.76. The van der Waals surface area contributed by atoms with Gasteiger partial charge >= 0.3 is 0 Å². The molecule has 2 aliphatic heterocycles. The lowest BCUT2D eigenvalue weighted by Gasteiger charge is -2.28. The molecule has 5 heteroatoms. The van der Waals surface area contributed by atoms with Crippen LogP contribution in [0, 0.1) is 0 Å². The van der Waals surface area contributed by atoms with Gasteiger partial charge in [0.15, 0.2) is 0 Å². The number of aromatic nitrogens is 1. The van der Waals surface area contributed by atoms with E-state index in [1.54, 1.807) is 11.1 Å². The highest BCUT2D eigenvalue weighted by molar-refractivity contribution is 6.00. The van der Waals surface area contributed by atoms with Gasteiger partial charge in [-0.15, -0.1) is 0 Å². The van der Waals surface area contributed by atoms with Gasteiger partial charge in [-0.25, -0.2) is 0 Å². The van der Waals surface area contributed by atoms with Gasteiger partial charge in [0, 0.05) is 31.9 Å². The van der Waals surface area contributed by atoms with Gasteiger partial charge in [-0.3, -0.25) is 14.6 Å². The summed E-state index contributed by atoms with van der Waals surface area (Å²) in [5, 5.41) is 0. The van der Waals surface area contributed by atoms with Gasteiger partial charge in [0.2, 0.25) is 11.8 Å². The van der Waals surface area contributed by atoms with Gasteiger partial charge in [-0.1, -0.05) is 6.92 Å². The third-order valence-electron chi connectivity index (χ3n) is 4.36. The summed E-state index contributed by atoms with van der Waals surface area (Å²) < 4.78 is 0. The summed E-state index contributed by atoms with van der Waals surface area (Å²) in [6.07, 6.45) is 7.47. The van der Waals surface area contributed by atoms with E-state index in [1.165, 1.54) is 0 Å². The molecule has 1 aromatic rings. The van der Waals surface area contributed by atoms with Crippen molar-refractivity contribution < 1.29 is 9.59 Å². The summed E-state index contributed by atoms with van der Waals surface area (Å²) >= 11 is 0. The Balaban J connectivity index is 1.78. The Labute approximate surface area is 124 Å². The summed E-state index contributed by atoms with van der Waals surface area (Å²) in [4.78, 5) is 32.7. The van der Waals surface area contributed by atoms with Gasteiger partial charge < -0.3 is 9.80 Å². The lowest BCUT2D eigenvalue weighted by Crippen LogP contribution is -2.47. The molecule has 0 aromatic carbocycles. The van der Waals surface area contributed by atoms with E-state index in [1.807, 2.05) is 24.1 Å². The first kappa shape index (κ1) is 14.0. The lowest BCUT2D eigenvalue weighted by atomic mass is 10.1. The number of likely N-dealkylation sites (tertiary alicyclic amines) is 1. The molecule has 0 saturated carbocycles. The zero-order chi connectivity index (χ0) is 14.8. The molecule has 0 bridgehead atoms. The van der Waals surface area contributed by atoms with Gasteiger partial charge in [-0.05, 0) is 37.3 Å². The maximum absolute atomic E-state index is 12.8. The Hall–Kier alpha value is -1.91. The SMILES string of the molecule is CCCC(=O)N1CCC[C@@H]1C(=O)N1CCc2cnccc21. The minimum Gasteiger partial charge on any atom is -0.331 e. The van der Waals surface area contributed by atoms with E-state index in [4.69, 9.17) is 0 Å². The van der Waals surface area contributed by atoms with E-state index < -0.39 is 0 Å². The van der Waals surface area contributed by atoms with E-state index in [-0.39, 0.29) is 17.9 Å². The summed E-state index contributed by atoms with van der Waals surface area (Å²) in [6, 6.07) is 1.62. The molecular weight excluding hydrogens is 266 g/mol. The number of hydrogen-bond donors (Lipinski definition) is 0. The number of amides is 2. The average molecular weight is 287 g/mol. The van der Waals surface area contributed by atoms with Crippen molar-refractivity contribution in [3.8, 4) is 0 Å². The molecule has 1 saturated heterocycles. The molecule has 0 aliphatic carbocycles. The molecule has 1 atom stereocenters. The number of fused-ring (bicyclic) bond motifs is 1. The Bertz CT molecular complexity index is 558. The van der Waals surface area contributed by atoms with Crippen LogP contribution in [0.4, 0.5) is 5.69 Å². The molecule has 3 heterocycles. The molecule has 3 rings (SSSR count). The Morgan fingerprint density at radius 2 is 2.24 bits per heavy atom. The number of carbonyl (C=O) groups is 2. The number of rotatable bonds is 3. The molecule has 112 valence electrons. The van der Waals surface area contributed by atoms with Crippen LogP contribution < -0.4 is 4.90 Å². The molecule has 0 radical (unpaired) electrons. The smallest absolute Gasteiger partial charge is 0.249 e. The molecule has 5 nitrogen and oxygen atoms in total. The summed E-state index contributed by atoms with van der Waals surface area (Å²) in [7, 11) is 0. The third-order valence-corrected chi connectivity index (χ3v) is 4.36. The normalized spacial score (nSPS) is 20.7. The highest BCUT2D eigenvalue weighted by Crippen LogP contribution is 2.30. The van der Waals surface area contributed by atoms with Crippen LogP contribution in [-0.2, 0) is 16.0 Å². The molecule has 1 aromatic heterocycles. The van der Waals surface area contributed by atoms with Gasteiger partial charge in [-0.2, -0.15) is 0 Å². The molecule has 2 aliphatic rings. The predicted octanol–water partition coefficient (Wildman–Crippen LogP) is 1.76. The monoisotopic (exact) mass is 287 g/mol. The summed E-state index contributed by atoms with van der Waals surface area (Å²) in [5.41, 5.74) is 2.08. The van der Waals surface area contributed by atoms with Gasteiger partial charge in [0.25, 0.3) is 0 Å². The molecule has 1 fully saturated rings. The highest BCUT2D eigenvalue weighted by atomic mass is 16.2. The zero-order valence-corrected chi connectivity index (χ0v) is 12.4. The fourth-order valence-electron chi connectivity index (χ4n) is 3.32. The van der Waals surface area contributed by atoms with Crippen molar-refractivity contribution in [2.24, 2.45) is 0 Å². The average Bonchev–Trinajstić information content (AvgIpc) is 3.14. The number of hydrogen-bond acceptors (Lipinski definition) is 3. The van der Waals surface area contributed by atoms with Gasteiger partial charge in [0.1, 0.15) is 6.04 Å². The first-order valence-corrected chi connectivity index (χ1v) is 7.76. The minimum atomic E-state index is -0.275. The molecule has 21 heavy (non-hydrogen) atoms. The fraction of sp³-hybridized carbons (Fsp3) is 0.562. The van der Waals surface area contributed by atoms with Crippen LogP contribution in [0.5, 0.6) is 0 Å².